The van der Waals surface area contributed by atoms with E-state index in [4.69, 9.17) is 34.8 Å². The van der Waals surface area contributed by atoms with Crippen molar-refractivity contribution in [3.63, 3.8) is 0 Å². The van der Waals surface area contributed by atoms with Crippen LogP contribution in [0.4, 0.5) is 0 Å². The third kappa shape index (κ3) is 1.86. The fraction of sp³-hybridized carbons (Fsp3) is 0.750. The van der Waals surface area contributed by atoms with Gasteiger partial charge in [-0.05, 0) is 19.3 Å². The maximum Gasteiger partial charge on any atom is 0.334 e. The molecule has 0 saturated heterocycles. The first-order chi connectivity index (χ1) is 6.34. The van der Waals surface area contributed by atoms with Crippen molar-refractivity contribution in [1.82, 2.24) is 0 Å². The van der Waals surface area contributed by atoms with Crippen molar-refractivity contribution in [2.24, 2.45) is 0 Å². The van der Waals surface area contributed by atoms with Gasteiger partial charge in [-0.2, -0.15) is 0 Å². The molecule has 0 aromatic heterocycles. The topological polar surface area (TPSA) is 43.4 Å². The maximum absolute atomic E-state index is 11.7. The van der Waals surface area contributed by atoms with Crippen LogP contribution in [0.25, 0.3) is 0 Å². The van der Waals surface area contributed by atoms with Crippen LogP contribution in [0.15, 0.2) is 0 Å². The summed E-state index contributed by atoms with van der Waals surface area (Å²) in [4.78, 5) is 21.3. The molecule has 1 aliphatic carbocycles. The number of carbonyl (C=O) groups excluding carboxylic acids is 2. The molecule has 1 fully saturated rings. The summed E-state index contributed by atoms with van der Waals surface area (Å²) >= 11 is 17.3. The predicted octanol–water partition coefficient (Wildman–Crippen LogP) is 2.06. The van der Waals surface area contributed by atoms with E-state index in [1.54, 1.807) is 0 Å². The molecule has 3 nitrogen and oxygen atoms in total. The molecule has 1 rings (SSSR count). The second kappa shape index (κ2) is 3.87. The van der Waals surface area contributed by atoms with Crippen molar-refractivity contribution in [2.45, 2.75) is 28.5 Å². The third-order valence-electron chi connectivity index (χ3n) is 2.21. The fourth-order valence-electron chi connectivity index (χ4n) is 1.43. The van der Waals surface area contributed by atoms with E-state index in [1.807, 2.05) is 0 Å². The molecule has 0 heterocycles. The Labute approximate surface area is 96.6 Å². The Bertz CT molecular complexity index is 277. The van der Waals surface area contributed by atoms with E-state index in [-0.39, 0.29) is 6.42 Å². The molecule has 0 N–H and O–H groups in total. The lowest BCUT2D eigenvalue weighted by molar-refractivity contribution is -0.148. The van der Waals surface area contributed by atoms with Gasteiger partial charge in [0.15, 0.2) is 4.33 Å². The SMILES string of the molecule is COC(=O)C1(Cl)CCCC(Cl)(Cl)C1=O. The van der Waals surface area contributed by atoms with Crippen molar-refractivity contribution in [3.8, 4) is 0 Å². The molecule has 1 aliphatic rings. The van der Waals surface area contributed by atoms with Gasteiger partial charge in [0.25, 0.3) is 0 Å². The van der Waals surface area contributed by atoms with Crippen molar-refractivity contribution in [2.75, 3.05) is 7.11 Å². The largest absolute Gasteiger partial charge is 0.467 e. The Morgan fingerprint density at radius 2 is 1.93 bits per heavy atom. The highest BCUT2D eigenvalue weighted by Crippen LogP contribution is 2.43. The second-order valence-electron chi connectivity index (χ2n) is 3.18. The van der Waals surface area contributed by atoms with Gasteiger partial charge >= 0.3 is 5.97 Å². The monoisotopic (exact) mass is 258 g/mol. The first-order valence-corrected chi connectivity index (χ1v) is 5.18. The smallest absolute Gasteiger partial charge is 0.334 e. The van der Waals surface area contributed by atoms with Crippen molar-refractivity contribution in [3.05, 3.63) is 0 Å². The van der Waals surface area contributed by atoms with Crippen LogP contribution in [0, 0.1) is 0 Å². The van der Waals surface area contributed by atoms with Gasteiger partial charge in [-0.15, -0.1) is 0 Å². The van der Waals surface area contributed by atoms with Crippen molar-refractivity contribution < 1.29 is 14.3 Å². The molecule has 0 aliphatic heterocycles. The van der Waals surface area contributed by atoms with Crippen LogP contribution < -0.4 is 0 Å². The number of hydrogen-bond acceptors (Lipinski definition) is 3. The normalized spacial score (nSPS) is 31.3. The Kier molecular flexibility index (Phi) is 3.34. The van der Waals surface area contributed by atoms with E-state index in [0.29, 0.717) is 12.8 Å². The summed E-state index contributed by atoms with van der Waals surface area (Å²) in [7, 11) is 1.17. The van der Waals surface area contributed by atoms with Crippen LogP contribution in [0.1, 0.15) is 19.3 Å². The number of esters is 1. The minimum absolute atomic E-state index is 0.210. The Morgan fingerprint density at radius 1 is 1.36 bits per heavy atom. The molecule has 0 amide bonds. The van der Waals surface area contributed by atoms with E-state index < -0.39 is 21.0 Å². The second-order valence-corrected chi connectivity index (χ2v) is 5.31. The number of hydrogen-bond donors (Lipinski definition) is 0. The van der Waals surface area contributed by atoms with Crippen LogP contribution >= 0.6 is 34.8 Å². The van der Waals surface area contributed by atoms with Gasteiger partial charge in [0.2, 0.25) is 10.7 Å². The lowest BCUT2D eigenvalue weighted by atomic mass is 9.86. The van der Waals surface area contributed by atoms with Crippen LogP contribution in [0.5, 0.6) is 0 Å². The number of halogens is 3. The molecule has 0 aromatic rings. The molecule has 14 heavy (non-hydrogen) atoms. The van der Waals surface area contributed by atoms with Gasteiger partial charge in [-0.25, -0.2) is 4.79 Å². The highest BCUT2D eigenvalue weighted by molar-refractivity contribution is 6.64. The number of rotatable bonds is 1. The zero-order valence-electron chi connectivity index (χ0n) is 7.48. The lowest BCUT2D eigenvalue weighted by Crippen LogP contribution is -2.52. The zero-order valence-corrected chi connectivity index (χ0v) is 9.75. The summed E-state index contributed by atoms with van der Waals surface area (Å²) in [6.45, 7) is 0. The Balaban J connectivity index is 2.99. The maximum atomic E-state index is 11.7. The number of methoxy groups -OCH3 is 1. The molecule has 80 valence electrons. The molecule has 0 radical (unpaired) electrons. The number of ether oxygens (including phenoxy) is 1. The molecule has 1 saturated carbocycles. The summed E-state index contributed by atoms with van der Waals surface area (Å²) in [6, 6.07) is 0. The predicted molar refractivity (Wildman–Crippen MR) is 53.9 cm³/mol. The van der Waals surface area contributed by atoms with Crippen molar-refractivity contribution in [1.29, 1.82) is 0 Å². The quantitative estimate of drug-likeness (QED) is 0.411. The Morgan fingerprint density at radius 3 is 2.43 bits per heavy atom. The Hall–Kier alpha value is 0.01000. The third-order valence-corrected chi connectivity index (χ3v) is 3.45. The molecule has 6 heteroatoms. The summed E-state index contributed by atoms with van der Waals surface area (Å²) < 4.78 is 2.87. The summed E-state index contributed by atoms with van der Waals surface area (Å²) in [6.07, 6.45) is 1.03. The van der Waals surface area contributed by atoms with E-state index in [2.05, 4.69) is 4.74 Å². The van der Waals surface area contributed by atoms with Crippen LogP contribution in [-0.2, 0) is 14.3 Å². The van der Waals surface area contributed by atoms with Gasteiger partial charge in [-0.3, -0.25) is 4.79 Å². The lowest BCUT2D eigenvalue weighted by Gasteiger charge is -2.33. The van der Waals surface area contributed by atoms with E-state index in [9.17, 15) is 9.59 Å². The fourth-order valence-corrected chi connectivity index (χ4v) is 2.49. The summed E-state index contributed by atoms with van der Waals surface area (Å²) in [5.41, 5.74) is 0. The molecular weight excluding hydrogens is 250 g/mol. The summed E-state index contributed by atoms with van der Waals surface area (Å²) in [5.74, 6) is -1.48. The van der Waals surface area contributed by atoms with Gasteiger partial charge in [-0.1, -0.05) is 34.8 Å². The van der Waals surface area contributed by atoms with E-state index >= 15 is 0 Å². The number of Topliss-reactive ketones (excluding diaryl/α,β-unsaturated/α-hetero) is 1. The molecule has 0 spiro atoms. The highest BCUT2D eigenvalue weighted by Gasteiger charge is 2.56. The van der Waals surface area contributed by atoms with Crippen LogP contribution in [-0.4, -0.2) is 28.1 Å². The molecule has 1 unspecified atom stereocenters. The van der Waals surface area contributed by atoms with Crippen molar-refractivity contribution >= 4 is 46.6 Å². The average Bonchev–Trinajstić information content (AvgIpc) is 2.12. The molecule has 1 atom stereocenters. The number of ketones is 1. The van der Waals surface area contributed by atoms with Crippen LogP contribution in [0.2, 0.25) is 0 Å². The first-order valence-electron chi connectivity index (χ1n) is 4.04. The van der Waals surface area contributed by atoms with Gasteiger partial charge in [0.05, 0.1) is 7.11 Å². The van der Waals surface area contributed by atoms with E-state index in [0.717, 1.165) is 0 Å². The minimum atomic E-state index is -1.71. The zero-order chi connectivity index (χ0) is 11.0. The average molecular weight is 260 g/mol. The molecule has 0 aromatic carbocycles. The first kappa shape index (κ1) is 12.1. The number of carbonyl (C=O) groups is 2. The minimum Gasteiger partial charge on any atom is -0.467 e. The standard InChI is InChI=1S/C8H9Cl3O3/c1-14-6(13)7(9)3-2-4-8(10,11)5(7)12/h2-4H2,1H3. The van der Waals surface area contributed by atoms with Gasteiger partial charge < -0.3 is 4.74 Å². The van der Waals surface area contributed by atoms with Crippen LogP contribution in [0.3, 0.4) is 0 Å². The molecule has 0 bridgehead atoms. The highest BCUT2D eigenvalue weighted by atomic mass is 35.5. The summed E-state index contributed by atoms with van der Waals surface area (Å²) in [5, 5.41) is 0. The molecular formula is C8H9Cl3O3. The number of alkyl halides is 3. The van der Waals surface area contributed by atoms with Gasteiger partial charge in [0.1, 0.15) is 0 Å². The van der Waals surface area contributed by atoms with E-state index in [1.165, 1.54) is 7.11 Å². The van der Waals surface area contributed by atoms with Gasteiger partial charge in [0, 0.05) is 0 Å².